The van der Waals surface area contributed by atoms with Crippen LogP contribution in [0.5, 0.6) is 0 Å². The highest BCUT2D eigenvalue weighted by Gasteiger charge is 2.39. The van der Waals surface area contributed by atoms with E-state index in [-0.39, 0.29) is 17.4 Å². The van der Waals surface area contributed by atoms with Crippen molar-refractivity contribution in [2.24, 2.45) is 0 Å². The van der Waals surface area contributed by atoms with Crippen LogP contribution in [0, 0.1) is 6.92 Å². The monoisotopic (exact) mass is 317 g/mol. The van der Waals surface area contributed by atoms with Crippen molar-refractivity contribution < 1.29 is 8.42 Å². The van der Waals surface area contributed by atoms with Crippen molar-refractivity contribution >= 4 is 27.3 Å². The van der Waals surface area contributed by atoms with Crippen molar-refractivity contribution in [2.45, 2.75) is 45.6 Å². The molecule has 0 amide bonds. The van der Waals surface area contributed by atoms with Gasteiger partial charge in [0.15, 0.2) is 9.84 Å². The Balaban J connectivity index is 2.34. The molecule has 1 aliphatic heterocycles. The van der Waals surface area contributed by atoms with Crippen LogP contribution in [0.15, 0.2) is 0 Å². The van der Waals surface area contributed by atoms with Gasteiger partial charge in [-0.15, -0.1) is 0 Å². The number of nitrogens with one attached hydrogen (secondary N) is 1. The van der Waals surface area contributed by atoms with Crippen LogP contribution in [0.2, 0.25) is 5.15 Å². The van der Waals surface area contributed by atoms with Crippen LogP contribution in [0.3, 0.4) is 0 Å². The van der Waals surface area contributed by atoms with Gasteiger partial charge in [-0.3, -0.25) is 0 Å². The van der Waals surface area contributed by atoms with Gasteiger partial charge in [0.05, 0.1) is 17.0 Å². The van der Waals surface area contributed by atoms with Gasteiger partial charge in [0.2, 0.25) is 0 Å². The van der Waals surface area contributed by atoms with Crippen LogP contribution in [0.1, 0.15) is 44.5 Å². The third-order valence-electron chi connectivity index (χ3n) is 3.54. The Hall–Kier alpha value is -0.880. The summed E-state index contributed by atoms with van der Waals surface area (Å²) in [4.78, 5) is 8.74. The Morgan fingerprint density at radius 2 is 2.00 bits per heavy atom. The Morgan fingerprint density at radius 3 is 2.50 bits per heavy atom. The molecule has 1 aromatic heterocycles. The Kier molecular flexibility index (Phi) is 3.99. The second kappa shape index (κ2) is 5.15. The summed E-state index contributed by atoms with van der Waals surface area (Å²) >= 11 is 6.14. The first-order chi connectivity index (χ1) is 9.12. The third kappa shape index (κ3) is 3.23. The fourth-order valence-electron chi connectivity index (χ4n) is 2.28. The number of hydrogen-bond donors (Lipinski definition) is 1. The lowest BCUT2D eigenvalue weighted by molar-refractivity contribution is 0.570. The van der Waals surface area contributed by atoms with Gasteiger partial charge in [0, 0.05) is 11.5 Å². The lowest BCUT2D eigenvalue weighted by Gasteiger charge is -2.26. The van der Waals surface area contributed by atoms with E-state index in [4.69, 9.17) is 11.6 Å². The first-order valence-corrected chi connectivity index (χ1v) is 8.84. The van der Waals surface area contributed by atoms with Crippen molar-refractivity contribution in [3.8, 4) is 0 Å². The molecule has 1 unspecified atom stereocenters. The fraction of sp³-hybridized carbons (Fsp3) is 0.692. The number of nitrogens with zero attached hydrogens (tertiary/aromatic N) is 2. The van der Waals surface area contributed by atoms with Crippen LogP contribution in [-0.2, 0) is 9.84 Å². The Bertz CT molecular complexity index is 631. The number of anilines is 1. The van der Waals surface area contributed by atoms with Gasteiger partial charge >= 0.3 is 0 Å². The van der Waals surface area contributed by atoms with Crippen LogP contribution >= 0.6 is 11.6 Å². The minimum Gasteiger partial charge on any atom is -0.363 e. The van der Waals surface area contributed by atoms with Gasteiger partial charge in [-0.05, 0) is 20.3 Å². The minimum absolute atomic E-state index is 0.123. The number of hydrogen-bond acceptors (Lipinski definition) is 5. The number of halogens is 1. The maximum absolute atomic E-state index is 11.7. The second-order valence-electron chi connectivity index (χ2n) is 6.03. The van der Waals surface area contributed by atoms with Crippen molar-refractivity contribution in [3.63, 3.8) is 0 Å². The van der Waals surface area contributed by atoms with E-state index in [2.05, 4.69) is 15.3 Å². The van der Waals surface area contributed by atoms with Gasteiger partial charge in [0.1, 0.15) is 16.8 Å². The topological polar surface area (TPSA) is 72.0 Å². The molecule has 1 fully saturated rings. The maximum Gasteiger partial charge on any atom is 0.152 e. The molecule has 1 atom stereocenters. The molecule has 20 heavy (non-hydrogen) atoms. The van der Waals surface area contributed by atoms with Gasteiger partial charge < -0.3 is 5.32 Å². The molecular weight excluding hydrogens is 298 g/mol. The molecule has 0 spiro atoms. The molecular formula is C13H20ClN3O2S. The van der Waals surface area contributed by atoms with E-state index < -0.39 is 15.4 Å². The van der Waals surface area contributed by atoms with Crippen LogP contribution in [0.4, 0.5) is 5.82 Å². The molecule has 1 saturated heterocycles. The fourth-order valence-corrected chi connectivity index (χ4v) is 4.55. The molecule has 5 nitrogen and oxygen atoms in total. The number of rotatable bonds is 3. The summed E-state index contributed by atoms with van der Waals surface area (Å²) in [5.41, 5.74) is 0.261. The van der Waals surface area contributed by atoms with Gasteiger partial charge in [-0.2, -0.15) is 0 Å². The summed E-state index contributed by atoms with van der Waals surface area (Å²) in [5, 5.41) is 3.68. The summed E-state index contributed by atoms with van der Waals surface area (Å²) in [7, 11) is -2.96. The zero-order valence-electron chi connectivity index (χ0n) is 12.2. The molecule has 2 heterocycles. The first kappa shape index (κ1) is 15.5. The van der Waals surface area contributed by atoms with E-state index >= 15 is 0 Å². The smallest absolute Gasteiger partial charge is 0.152 e. The van der Waals surface area contributed by atoms with Crippen LogP contribution in [-0.4, -0.2) is 35.4 Å². The SMILES string of the molecule is Cc1c(Cl)nc(C(C)C)nc1NC1(C)CCS(=O)(=O)C1. The highest BCUT2D eigenvalue weighted by atomic mass is 35.5. The summed E-state index contributed by atoms with van der Waals surface area (Å²) < 4.78 is 23.3. The van der Waals surface area contributed by atoms with Crippen molar-refractivity contribution in [3.05, 3.63) is 16.5 Å². The standard InChI is InChI=1S/C13H20ClN3O2S/c1-8(2)11-15-10(14)9(3)12(16-11)17-13(4)5-6-20(18,19)7-13/h8H,5-7H2,1-4H3,(H,15,16,17). The maximum atomic E-state index is 11.7. The molecule has 7 heteroatoms. The van der Waals surface area contributed by atoms with Crippen LogP contribution in [0.25, 0.3) is 0 Å². The van der Waals surface area contributed by atoms with E-state index in [0.29, 0.717) is 23.2 Å². The van der Waals surface area contributed by atoms with E-state index in [1.54, 1.807) is 0 Å². The molecule has 1 aliphatic rings. The normalized spacial score (nSPS) is 25.1. The predicted molar refractivity (Wildman–Crippen MR) is 81.2 cm³/mol. The number of aromatic nitrogens is 2. The first-order valence-electron chi connectivity index (χ1n) is 6.64. The van der Waals surface area contributed by atoms with Crippen molar-refractivity contribution in [1.82, 2.24) is 9.97 Å². The quantitative estimate of drug-likeness (QED) is 0.867. The molecule has 1 aromatic rings. The molecule has 0 saturated carbocycles. The average molecular weight is 318 g/mol. The summed E-state index contributed by atoms with van der Waals surface area (Å²) in [6.07, 6.45) is 0.577. The molecule has 112 valence electrons. The highest BCUT2D eigenvalue weighted by Crippen LogP contribution is 2.30. The van der Waals surface area contributed by atoms with Gasteiger partial charge in [-0.1, -0.05) is 25.4 Å². The molecule has 0 aromatic carbocycles. The molecule has 1 N–H and O–H groups in total. The lowest BCUT2D eigenvalue weighted by atomic mass is 10.0. The minimum atomic E-state index is -2.96. The summed E-state index contributed by atoms with van der Waals surface area (Å²) in [6.45, 7) is 7.72. The van der Waals surface area contributed by atoms with E-state index in [0.717, 1.165) is 5.56 Å². The third-order valence-corrected chi connectivity index (χ3v) is 5.81. The molecule has 2 rings (SSSR count). The molecule has 0 bridgehead atoms. The lowest BCUT2D eigenvalue weighted by Crippen LogP contribution is -2.36. The largest absolute Gasteiger partial charge is 0.363 e. The van der Waals surface area contributed by atoms with E-state index in [9.17, 15) is 8.42 Å². The summed E-state index contributed by atoms with van der Waals surface area (Å²) in [5.74, 6) is 1.79. The van der Waals surface area contributed by atoms with Gasteiger partial charge in [-0.25, -0.2) is 18.4 Å². The summed E-state index contributed by atoms with van der Waals surface area (Å²) in [6, 6.07) is 0. The van der Waals surface area contributed by atoms with E-state index in [1.165, 1.54) is 0 Å². The predicted octanol–water partition coefficient (Wildman–Crippen LogP) is 2.55. The molecule has 0 aliphatic carbocycles. The van der Waals surface area contributed by atoms with E-state index in [1.807, 2.05) is 27.7 Å². The molecule has 0 radical (unpaired) electrons. The van der Waals surface area contributed by atoms with Gasteiger partial charge in [0.25, 0.3) is 0 Å². The van der Waals surface area contributed by atoms with Crippen molar-refractivity contribution in [1.29, 1.82) is 0 Å². The zero-order valence-corrected chi connectivity index (χ0v) is 13.8. The highest BCUT2D eigenvalue weighted by molar-refractivity contribution is 7.91. The van der Waals surface area contributed by atoms with Crippen molar-refractivity contribution in [2.75, 3.05) is 16.8 Å². The van der Waals surface area contributed by atoms with Crippen LogP contribution < -0.4 is 5.32 Å². The zero-order chi connectivity index (χ0) is 15.1. The Labute approximate surface area is 125 Å². The Morgan fingerprint density at radius 1 is 1.35 bits per heavy atom. The second-order valence-corrected chi connectivity index (χ2v) is 8.57. The number of sulfone groups is 1. The average Bonchev–Trinajstić information content (AvgIpc) is 2.59.